The van der Waals surface area contributed by atoms with Crippen LogP contribution in [0.25, 0.3) is 0 Å². The molecule has 1 aromatic rings. The molecule has 4 atom stereocenters. The molecule has 4 heteroatoms. The molecule has 4 nitrogen and oxygen atoms in total. The second-order valence-corrected chi connectivity index (χ2v) is 7.55. The summed E-state index contributed by atoms with van der Waals surface area (Å²) >= 11 is 0. The van der Waals surface area contributed by atoms with Crippen molar-refractivity contribution in [1.82, 2.24) is 4.90 Å². The highest BCUT2D eigenvalue weighted by atomic mass is 16.5. The van der Waals surface area contributed by atoms with Crippen LogP contribution in [0.1, 0.15) is 49.3 Å². The number of aliphatic hydroxyl groups is 2. The molecule has 1 fully saturated rings. The summed E-state index contributed by atoms with van der Waals surface area (Å²) in [6, 6.07) is 8.49. The fourth-order valence-corrected chi connectivity index (χ4v) is 4.23. The molecule has 1 aromatic carbocycles. The summed E-state index contributed by atoms with van der Waals surface area (Å²) in [5.74, 6) is 0.355. The molecular weight excluding hydrogens is 302 g/mol. The van der Waals surface area contributed by atoms with E-state index in [2.05, 4.69) is 29.2 Å². The number of fused-ring (bicyclic) bond motifs is 1. The van der Waals surface area contributed by atoms with Gasteiger partial charge in [0.1, 0.15) is 0 Å². The Hall–Kier alpha value is -0.940. The highest BCUT2D eigenvalue weighted by Gasteiger charge is 2.27. The minimum atomic E-state index is -0.484. The van der Waals surface area contributed by atoms with Gasteiger partial charge < -0.3 is 19.8 Å². The van der Waals surface area contributed by atoms with E-state index < -0.39 is 6.10 Å². The molecule has 2 aliphatic carbocycles. The van der Waals surface area contributed by atoms with Crippen molar-refractivity contribution in [2.75, 3.05) is 26.7 Å². The second kappa shape index (κ2) is 8.43. The van der Waals surface area contributed by atoms with Crippen LogP contribution < -0.4 is 0 Å². The minimum Gasteiger partial charge on any atom is -0.393 e. The lowest BCUT2D eigenvalue weighted by atomic mass is 9.89. The van der Waals surface area contributed by atoms with Gasteiger partial charge in [0.2, 0.25) is 0 Å². The number of hydrogen-bond donors (Lipinski definition) is 2. The Morgan fingerprint density at radius 3 is 2.83 bits per heavy atom. The summed E-state index contributed by atoms with van der Waals surface area (Å²) in [7, 11) is 2.02. The molecule has 3 rings (SSSR count). The number of rotatable bonds is 7. The average molecular weight is 333 g/mol. The molecule has 4 unspecified atom stereocenters. The van der Waals surface area contributed by atoms with Crippen LogP contribution in [0.3, 0.4) is 0 Å². The Balaban J connectivity index is 1.43. The number of aryl methyl sites for hydroxylation is 1. The van der Waals surface area contributed by atoms with Crippen molar-refractivity contribution < 1.29 is 14.9 Å². The van der Waals surface area contributed by atoms with Gasteiger partial charge in [-0.15, -0.1) is 0 Å². The Morgan fingerprint density at radius 2 is 2.04 bits per heavy atom. The zero-order valence-corrected chi connectivity index (χ0v) is 14.7. The Bertz CT molecular complexity index is 521. The third-order valence-electron chi connectivity index (χ3n) is 5.49. The summed E-state index contributed by atoms with van der Waals surface area (Å²) in [5, 5.41) is 20.2. The Labute approximate surface area is 145 Å². The third-order valence-corrected chi connectivity index (χ3v) is 5.49. The van der Waals surface area contributed by atoms with E-state index in [4.69, 9.17) is 4.74 Å². The maximum Gasteiger partial charge on any atom is 0.0900 e. The van der Waals surface area contributed by atoms with Crippen LogP contribution in [0.5, 0.6) is 0 Å². The first kappa shape index (κ1) is 17.9. The van der Waals surface area contributed by atoms with Gasteiger partial charge in [-0.1, -0.05) is 30.7 Å². The standard InChI is InChI=1S/C20H31NO3/c1-21(12-16-8-4-10-19(16)23)13-17(22)14-24-20-11-5-7-15-6-2-3-9-18(15)20/h2-3,6,9,16-17,19-20,22-23H,4-5,7-8,10-14H2,1H3. The smallest absolute Gasteiger partial charge is 0.0900 e. The molecule has 0 radical (unpaired) electrons. The summed E-state index contributed by atoms with van der Waals surface area (Å²) in [4.78, 5) is 2.13. The van der Waals surface area contributed by atoms with E-state index in [-0.39, 0.29) is 12.2 Å². The third kappa shape index (κ3) is 4.57. The number of benzene rings is 1. The average Bonchev–Trinajstić information content (AvgIpc) is 2.97. The molecule has 0 spiro atoms. The van der Waals surface area contributed by atoms with Crippen molar-refractivity contribution in [2.24, 2.45) is 5.92 Å². The maximum absolute atomic E-state index is 10.3. The van der Waals surface area contributed by atoms with E-state index in [1.807, 2.05) is 7.05 Å². The highest BCUT2D eigenvalue weighted by molar-refractivity contribution is 5.31. The monoisotopic (exact) mass is 333 g/mol. The quantitative estimate of drug-likeness (QED) is 0.805. The summed E-state index contributed by atoms with van der Waals surface area (Å²) in [5.41, 5.74) is 2.67. The molecule has 2 aliphatic rings. The van der Waals surface area contributed by atoms with Crippen LogP contribution in [0.4, 0.5) is 0 Å². The number of aliphatic hydroxyl groups excluding tert-OH is 2. The van der Waals surface area contributed by atoms with Crippen molar-refractivity contribution in [3.63, 3.8) is 0 Å². The predicted molar refractivity (Wildman–Crippen MR) is 94.9 cm³/mol. The van der Waals surface area contributed by atoms with Crippen LogP contribution in [0.15, 0.2) is 24.3 Å². The van der Waals surface area contributed by atoms with Gasteiger partial charge in [-0.3, -0.25) is 0 Å². The first-order chi connectivity index (χ1) is 11.6. The highest BCUT2D eigenvalue weighted by Crippen LogP contribution is 2.32. The molecule has 0 amide bonds. The first-order valence-electron chi connectivity index (χ1n) is 9.37. The lowest BCUT2D eigenvalue weighted by molar-refractivity contribution is -0.0282. The van der Waals surface area contributed by atoms with Gasteiger partial charge in [-0.25, -0.2) is 0 Å². The predicted octanol–water partition coefficient (Wildman–Crippen LogP) is 2.53. The van der Waals surface area contributed by atoms with Gasteiger partial charge in [0.25, 0.3) is 0 Å². The number of nitrogens with zero attached hydrogens (tertiary/aromatic N) is 1. The van der Waals surface area contributed by atoms with Gasteiger partial charge in [-0.2, -0.15) is 0 Å². The van der Waals surface area contributed by atoms with Crippen LogP contribution in [-0.4, -0.2) is 54.1 Å². The van der Waals surface area contributed by atoms with Gasteiger partial charge in [0.15, 0.2) is 0 Å². The number of ether oxygens (including phenoxy) is 1. The minimum absolute atomic E-state index is 0.117. The topological polar surface area (TPSA) is 52.9 Å². The Morgan fingerprint density at radius 1 is 1.21 bits per heavy atom. The van der Waals surface area contributed by atoms with Gasteiger partial charge in [-0.05, 0) is 56.2 Å². The van der Waals surface area contributed by atoms with Crippen LogP contribution in [-0.2, 0) is 11.2 Å². The van der Waals surface area contributed by atoms with Crippen molar-refractivity contribution >= 4 is 0 Å². The van der Waals surface area contributed by atoms with Gasteiger partial charge in [0.05, 0.1) is 24.9 Å². The van der Waals surface area contributed by atoms with Crippen molar-refractivity contribution in [1.29, 1.82) is 0 Å². The van der Waals surface area contributed by atoms with E-state index in [1.54, 1.807) is 0 Å². The molecule has 134 valence electrons. The molecular formula is C20H31NO3. The fraction of sp³-hybridized carbons (Fsp3) is 0.700. The molecule has 0 heterocycles. The maximum atomic E-state index is 10.3. The summed E-state index contributed by atoms with van der Waals surface area (Å²) in [6.45, 7) is 1.82. The molecule has 24 heavy (non-hydrogen) atoms. The van der Waals surface area contributed by atoms with Gasteiger partial charge >= 0.3 is 0 Å². The molecule has 0 bridgehead atoms. The van der Waals surface area contributed by atoms with E-state index >= 15 is 0 Å². The first-order valence-corrected chi connectivity index (χ1v) is 9.37. The van der Waals surface area contributed by atoms with E-state index in [9.17, 15) is 10.2 Å². The zero-order chi connectivity index (χ0) is 16.9. The molecule has 0 aromatic heterocycles. The second-order valence-electron chi connectivity index (χ2n) is 7.55. The number of likely N-dealkylation sites (N-methyl/N-ethyl adjacent to an activating group) is 1. The van der Waals surface area contributed by atoms with Crippen molar-refractivity contribution in [3.8, 4) is 0 Å². The summed E-state index contributed by atoms with van der Waals surface area (Å²) < 4.78 is 6.04. The zero-order valence-electron chi connectivity index (χ0n) is 14.7. The van der Waals surface area contributed by atoms with Crippen LogP contribution in [0.2, 0.25) is 0 Å². The summed E-state index contributed by atoms with van der Waals surface area (Å²) in [6.07, 6.45) is 5.92. The van der Waals surface area contributed by atoms with Crippen LogP contribution >= 0.6 is 0 Å². The lowest BCUT2D eigenvalue weighted by Gasteiger charge is -2.28. The molecule has 2 N–H and O–H groups in total. The Kier molecular flexibility index (Phi) is 6.28. The van der Waals surface area contributed by atoms with Crippen molar-refractivity contribution in [3.05, 3.63) is 35.4 Å². The van der Waals surface area contributed by atoms with E-state index in [1.165, 1.54) is 11.1 Å². The number of hydrogen-bond acceptors (Lipinski definition) is 4. The SMILES string of the molecule is CN(CC(O)COC1CCCc2ccccc21)CC1CCCC1O. The van der Waals surface area contributed by atoms with Crippen molar-refractivity contribution in [2.45, 2.75) is 56.8 Å². The molecule has 0 aliphatic heterocycles. The fourth-order valence-electron chi connectivity index (χ4n) is 4.23. The van der Waals surface area contributed by atoms with Crippen LogP contribution in [0, 0.1) is 5.92 Å². The van der Waals surface area contributed by atoms with Gasteiger partial charge in [0, 0.05) is 13.1 Å². The molecule has 1 saturated carbocycles. The normalized spacial score (nSPS) is 28.1. The van der Waals surface area contributed by atoms with E-state index in [0.717, 1.165) is 45.1 Å². The molecule has 0 saturated heterocycles. The lowest BCUT2D eigenvalue weighted by Crippen LogP contribution is -2.37. The largest absolute Gasteiger partial charge is 0.393 e. The van der Waals surface area contributed by atoms with E-state index in [0.29, 0.717) is 19.1 Å².